The predicted octanol–water partition coefficient (Wildman–Crippen LogP) is 4.78. The molecule has 5 nitrogen and oxygen atoms in total. The van der Waals surface area contributed by atoms with Crippen LogP contribution in [0, 0.1) is 6.92 Å². The Hall–Kier alpha value is -3.34. The molecule has 2 N–H and O–H groups in total. The Bertz CT molecular complexity index is 892. The number of ether oxygens (including phenoxy) is 1. The number of hydrogen-bond acceptors (Lipinski definition) is 4. The fourth-order valence-electron chi connectivity index (χ4n) is 2.52. The van der Waals surface area contributed by atoms with Gasteiger partial charge in [-0.25, -0.2) is 4.98 Å². The van der Waals surface area contributed by atoms with Gasteiger partial charge in [0, 0.05) is 5.56 Å². The molecule has 0 aliphatic carbocycles. The normalized spacial score (nSPS) is 10.2. The first-order valence-corrected chi connectivity index (χ1v) is 8.48. The first-order chi connectivity index (χ1) is 12.7. The summed E-state index contributed by atoms with van der Waals surface area (Å²) in [5, 5.41) is 6.08. The topological polar surface area (TPSA) is 63.2 Å². The van der Waals surface area contributed by atoms with Crippen LogP contribution < -0.4 is 15.4 Å². The van der Waals surface area contributed by atoms with Crippen LogP contribution in [-0.2, 0) is 0 Å². The van der Waals surface area contributed by atoms with Gasteiger partial charge in [-0.3, -0.25) is 4.79 Å². The summed E-state index contributed by atoms with van der Waals surface area (Å²) in [4.78, 5) is 16.6. The van der Waals surface area contributed by atoms with Gasteiger partial charge in [-0.05, 0) is 50.2 Å². The van der Waals surface area contributed by atoms with E-state index in [-0.39, 0.29) is 5.91 Å². The summed E-state index contributed by atoms with van der Waals surface area (Å²) in [6, 6.07) is 18.8. The number of nitrogens with one attached hydrogen (secondary N) is 2. The van der Waals surface area contributed by atoms with Crippen LogP contribution in [0.5, 0.6) is 5.75 Å². The van der Waals surface area contributed by atoms with Crippen LogP contribution in [0.3, 0.4) is 0 Å². The molecule has 3 aromatic rings. The molecule has 5 heteroatoms. The summed E-state index contributed by atoms with van der Waals surface area (Å²) in [5.74, 6) is 1.11. The van der Waals surface area contributed by atoms with Gasteiger partial charge in [0.1, 0.15) is 11.6 Å². The SMILES string of the molecule is CCOc1ccccc1Nc1ccc(NC(=O)c2cccc(C)c2)nc1. The van der Waals surface area contributed by atoms with Crippen molar-refractivity contribution >= 4 is 23.1 Å². The Morgan fingerprint density at radius 3 is 2.65 bits per heavy atom. The fourth-order valence-corrected chi connectivity index (χ4v) is 2.52. The van der Waals surface area contributed by atoms with E-state index in [4.69, 9.17) is 4.74 Å². The Labute approximate surface area is 153 Å². The maximum Gasteiger partial charge on any atom is 0.256 e. The molecule has 0 saturated carbocycles. The number of nitrogens with zero attached hydrogens (tertiary/aromatic N) is 1. The van der Waals surface area contributed by atoms with Crippen LogP contribution >= 0.6 is 0 Å². The van der Waals surface area contributed by atoms with Gasteiger partial charge in [-0.1, -0.05) is 29.8 Å². The Balaban J connectivity index is 1.68. The van der Waals surface area contributed by atoms with Crippen molar-refractivity contribution in [2.24, 2.45) is 0 Å². The first-order valence-electron chi connectivity index (χ1n) is 8.48. The van der Waals surface area contributed by atoms with E-state index in [9.17, 15) is 4.79 Å². The summed E-state index contributed by atoms with van der Waals surface area (Å²) in [5.41, 5.74) is 3.33. The number of carbonyl (C=O) groups is 1. The third kappa shape index (κ3) is 4.39. The van der Waals surface area contributed by atoms with Crippen molar-refractivity contribution in [1.29, 1.82) is 0 Å². The van der Waals surface area contributed by atoms with Crippen molar-refractivity contribution in [3.05, 3.63) is 78.0 Å². The molecule has 0 atom stereocenters. The molecule has 0 spiro atoms. The number of anilines is 3. The minimum atomic E-state index is -0.177. The number of para-hydroxylation sites is 2. The molecular weight excluding hydrogens is 326 g/mol. The van der Waals surface area contributed by atoms with E-state index in [1.165, 1.54) is 0 Å². The van der Waals surface area contributed by atoms with Crippen molar-refractivity contribution in [3.8, 4) is 5.75 Å². The van der Waals surface area contributed by atoms with Gasteiger partial charge in [-0.2, -0.15) is 0 Å². The molecule has 0 aliphatic heterocycles. The molecule has 132 valence electrons. The van der Waals surface area contributed by atoms with Crippen LogP contribution in [0.15, 0.2) is 66.9 Å². The van der Waals surface area contributed by atoms with E-state index in [0.29, 0.717) is 18.0 Å². The quantitative estimate of drug-likeness (QED) is 0.673. The maximum absolute atomic E-state index is 12.3. The minimum absolute atomic E-state index is 0.177. The number of rotatable bonds is 6. The Morgan fingerprint density at radius 2 is 1.92 bits per heavy atom. The van der Waals surface area contributed by atoms with Gasteiger partial charge in [0.05, 0.1) is 24.2 Å². The Kier molecular flexibility index (Phi) is 5.49. The smallest absolute Gasteiger partial charge is 0.256 e. The lowest BCUT2D eigenvalue weighted by atomic mass is 10.1. The number of benzene rings is 2. The largest absolute Gasteiger partial charge is 0.492 e. The highest BCUT2D eigenvalue weighted by molar-refractivity contribution is 6.03. The number of pyridine rings is 1. The second-order valence-corrected chi connectivity index (χ2v) is 5.81. The molecule has 0 aliphatic rings. The summed E-state index contributed by atoms with van der Waals surface area (Å²) in [7, 11) is 0. The first kappa shape index (κ1) is 17.5. The molecule has 26 heavy (non-hydrogen) atoms. The van der Waals surface area contributed by atoms with Crippen molar-refractivity contribution in [3.63, 3.8) is 0 Å². The highest BCUT2D eigenvalue weighted by Crippen LogP contribution is 2.27. The van der Waals surface area contributed by atoms with Crippen LogP contribution in [0.2, 0.25) is 0 Å². The van der Waals surface area contributed by atoms with Gasteiger partial charge in [0.2, 0.25) is 0 Å². The highest BCUT2D eigenvalue weighted by Gasteiger charge is 2.07. The molecule has 0 unspecified atom stereocenters. The van der Waals surface area contributed by atoms with E-state index in [1.54, 1.807) is 18.3 Å². The standard InChI is InChI=1S/C21H21N3O2/c1-3-26-19-10-5-4-9-18(19)23-17-11-12-20(22-14-17)24-21(25)16-8-6-7-15(2)13-16/h4-14,23H,3H2,1-2H3,(H,22,24,25). The summed E-state index contributed by atoms with van der Waals surface area (Å²) >= 11 is 0. The van der Waals surface area contributed by atoms with Gasteiger partial charge in [-0.15, -0.1) is 0 Å². The van der Waals surface area contributed by atoms with E-state index >= 15 is 0 Å². The van der Waals surface area contributed by atoms with Crippen LogP contribution in [-0.4, -0.2) is 17.5 Å². The summed E-state index contributed by atoms with van der Waals surface area (Å²) in [6.07, 6.45) is 1.68. The minimum Gasteiger partial charge on any atom is -0.492 e. The molecular formula is C21H21N3O2. The number of carbonyl (C=O) groups excluding carboxylic acids is 1. The molecule has 0 fully saturated rings. The number of aromatic nitrogens is 1. The number of aryl methyl sites for hydroxylation is 1. The predicted molar refractivity (Wildman–Crippen MR) is 104 cm³/mol. The van der Waals surface area contributed by atoms with E-state index in [1.807, 2.05) is 62.4 Å². The summed E-state index contributed by atoms with van der Waals surface area (Å²) < 4.78 is 5.60. The Morgan fingerprint density at radius 1 is 1.08 bits per heavy atom. The van der Waals surface area contributed by atoms with Crippen molar-refractivity contribution in [2.75, 3.05) is 17.2 Å². The van der Waals surface area contributed by atoms with E-state index < -0.39 is 0 Å². The van der Waals surface area contributed by atoms with Gasteiger partial charge >= 0.3 is 0 Å². The van der Waals surface area contributed by atoms with Crippen LogP contribution in [0.1, 0.15) is 22.8 Å². The third-order valence-electron chi connectivity index (χ3n) is 3.75. The molecule has 0 saturated heterocycles. The van der Waals surface area contributed by atoms with E-state index in [2.05, 4.69) is 15.6 Å². The highest BCUT2D eigenvalue weighted by atomic mass is 16.5. The second kappa shape index (κ2) is 8.16. The average molecular weight is 347 g/mol. The van der Waals surface area contributed by atoms with Crippen molar-refractivity contribution < 1.29 is 9.53 Å². The van der Waals surface area contributed by atoms with Gasteiger partial charge < -0.3 is 15.4 Å². The number of hydrogen-bond donors (Lipinski definition) is 2. The molecule has 1 aromatic heterocycles. The van der Waals surface area contributed by atoms with E-state index in [0.717, 1.165) is 22.7 Å². The molecule has 0 bridgehead atoms. The van der Waals surface area contributed by atoms with Crippen LogP contribution in [0.25, 0.3) is 0 Å². The zero-order chi connectivity index (χ0) is 18.4. The molecule has 1 amide bonds. The lowest BCUT2D eigenvalue weighted by molar-refractivity contribution is 0.102. The van der Waals surface area contributed by atoms with Gasteiger partial charge in [0.15, 0.2) is 0 Å². The van der Waals surface area contributed by atoms with Crippen LogP contribution in [0.4, 0.5) is 17.2 Å². The molecule has 3 rings (SSSR count). The number of amides is 1. The fraction of sp³-hybridized carbons (Fsp3) is 0.143. The second-order valence-electron chi connectivity index (χ2n) is 5.81. The lowest BCUT2D eigenvalue weighted by Gasteiger charge is -2.12. The monoisotopic (exact) mass is 347 g/mol. The zero-order valence-electron chi connectivity index (χ0n) is 14.8. The zero-order valence-corrected chi connectivity index (χ0v) is 14.8. The average Bonchev–Trinajstić information content (AvgIpc) is 2.65. The third-order valence-corrected chi connectivity index (χ3v) is 3.75. The lowest BCUT2D eigenvalue weighted by Crippen LogP contribution is -2.13. The van der Waals surface area contributed by atoms with Gasteiger partial charge in [0.25, 0.3) is 5.91 Å². The molecule has 2 aromatic carbocycles. The van der Waals surface area contributed by atoms with Crippen molar-refractivity contribution in [1.82, 2.24) is 4.98 Å². The summed E-state index contributed by atoms with van der Waals surface area (Å²) in [6.45, 7) is 4.50. The van der Waals surface area contributed by atoms with Crippen molar-refractivity contribution in [2.45, 2.75) is 13.8 Å². The molecule has 1 heterocycles. The molecule has 0 radical (unpaired) electrons. The maximum atomic E-state index is 12.3.